The summed E-state index contributed by atoms with van der Waals surface area (Å²) in [6.07, 6.45) is 4.82. The van der Waals surface area contributed by atoms with Crippen LogP contribution in [0.15, 0.2) is 18.6 Å². The van der Waals surface area contributed by atoms with Crippen LogP contribution < -0.4 is 11.1 Å². The van der Waals surface area contributed by atoms with Crippen LogP contribution >= 0.6 is 0 Å². The van der Waals surface area contributed by atoms with E-state index < -0.39 is 6.04 Å². The fourth-order valence-corrected chi connectivity index (χ4v) is 1.22. The van der Waals surface area contributed by atoms with Crippen molar-refractivity contribution in [3.8, 4) is 0 Å². The summed E-state index contributed by atoms with van der Waals surface area (Å²) in [7, 11) is 0. The number of hydrogen-bond acceptors (Lipinski definition) is 4. The van der Waals surface area contributed by atoms with Crippen LogP contribution in [0.2, 0.25) is 0 Å². The molecule has 0 saturated carbocycles. The van der Waals surface area contributed by atoms with E-state index in [1.54, 1.807) is 18.6 Å². The van der Waals surface area contributed by atoms with Crippen LogP contribution in [-0.2, 0) is 4.79 Å². The van der Waals surface area contributed by atoms with Gasteiger partial charge in [0.1, 0.15) is 0 Å². The van der Waals surface area contributed by atoms with E-state index in [1.807, 2.05) is 20.8 Å². The summed E-state index contributed by atoms with van der Waals surface area (Å²) in [5.74, 6) is -0.0396. The fourth-order valence-electron chi connectivity index (χ4n) is 1.22. The minimum absolute atomic E-state index is 0.119. The molecule has 1 heterocycles. The van der Waals surface area contributed by atoms with Crippen LogP contribution in [0, 0.1) is 5.92 Å². The molecule has 0 fully saturated rings. The third-order valence-corrected chi connectivity index (χ3v) is 2.41. The molecule has 2 atom stereocenters. The van der Waals surface area contributed by atoms with Gasteiger partial charge in [-0.2, -0.15) is 0 Å². The van der Waals surface area contributed by atoms with E-state index in [9.17, 15) is 4.79 Å². The molecule has 0 aliphatic heterocycles. The lowest BCUT2D eigenvalue weighted by Gasteiger charge is -2.19. The Hall–Kier alpha value is -1.49. The highest BCUT2D eigenvalue weighted by Gasteiger charge is 2.19. The number of carbonyl (C=O) groups excluding carboxylic acids is 1. The smallest absolute Gasteiger partial charge is 0.237 e. The van der Waals surface area contributed by atoms with E-state index in [2.05, 4.69) is 15.3 Å². The van der Waals surface area contributed by atoms with Crippen molar-refractivity contribution in [2.75, 3.05) is 0 Å². The molecule has 0 bridgehead atoms. The van der Waals surface area contributed by atoms with Crippen LogP contribution in [0.4, 0.5) is 0 Å². The number of nitrogens with one attached hydrogen (secondary N) is 1. The summed E-state index contributed by atoms with van der Waals surface area (Å²) in [5.41, 5.74) is 6.47. The average Bonchev–Trinajstić information content (AvgIpc) is 2.28. The second-order valence-electron chi connectivity index (χ2n) is 4.13. The van der Waals surface area contributed by atoms with Crippen molar-refractivity contribution < 1.29 is 4.79 Å². The van der Waals surface area contributed by atoms with E-state index in [1.165, 1.54) is 0 Å². The molecule has 0 aromatic carbocycles. The van der Waals surface area contributed by atoms with E-state index in [4.69, 9.17) is 5.73 Å². The molecule has 1 aromatic heterocycles. The molecule has 5 heteroatoms. The Balaban J connectivity index is 2.58. The maximum absolute atomic E-state index is 11.7. The molecule has 0 aliphatic carbocycles. The van der Waals surface area contributed by atoms with Crippen molar-refractivity contribution in [3.63, 3.8) is 0 Å². The molecule has 88 valence electrons. The lowest BCUT2D eigenvalue weighted by molar-refractivity contribution is -0.123. The normalized spacial score (nSPS) is 14.6. The lowest BCUT2D eigenvalue weighted by atomic mass is 10.0. The van der Waals surface area contributed by atoms with Crippen LogP contribution in [0.3, 0.4) is 0 Å². The molecule has 5 nitrogen and oxygen atoms in total. The Labute approximate surface area is 95.5 Å². The molecular weight excluding hydrogens is 204 g/mol. The van der Waals surface area contributed by atoms with Crippen molar-refractivity contribution in [2.24, 2.45) is 11.7 Å². The lowest BCUT2D eigenvalue weighted by Crippen LogP contribution is -2.44. The summed E-state index contributed by atoms with van der Waals surface area (Å²) in [6.45, 7) is 5.68. The monoisotopic (exact) mass is 222 g/mol. The van der Waals surface area contributed by atoms with Gasteiger partial charge in [-0.25, -0.2) is 0 Å². The SMILES string of the molecule is CC(NC(=O)[C@@H](N)C(C)C)c1cnccn1. The summed E-state index contributed by atoms with van der Waals surface area (Å²) in [5, 5.41) is 2.81. The van der Waals surface area contributed by atoms with Crippen LogP contribution in [0.5, 0.6) is 0 Å². The highest BCUT2D eigenvalue weighted by molar-refractivity contribution is 5.82. The van der Waals surface area contributed by atoms with Gasteiger partial charge in [-0.15, -0.1) is 0 Å². The fraction of sp³-hybridized carbons (Fsp3) is 0.545. The van der Waals surface area contributed by atoms with Crippen molar-refractivity contribution in [2.45, 2.75) is 32.9 Å². The van der Waals surface area contributed by atoms with Gasteiger partial charge in [0.25, 0.3) is 0 Å². The average molecular weight is 222 g/mol. The predicted octanol–water partition coefficient (Wildman–Crippen LogP) is 0.637. The van der Waals surface area contributed by atoms with Crippen molar-refractivity contribution in [1.82, 2.24) is 15.3 Å². The molecule has 1 unspecified atom stereocenters. The molecule has 0 saturated heterocycles. The third kappa shape index (κ3) is 3.27. The number of rotatable bonds is 4. The van der Waals surface area contributed by atoms with Crippen molar-refractivity contribution in [1.29, 1.82) is 0 Å². The summed E-state index contributed by atoms with van der Waals surface area (Å²) in [6, 6.07) is -0.662. The second kappa shape index (κ2) is 5.55. The van der Waals surface area contributed by atoms with Gasteiger partial charge < -0.3 is 11.1 Å². The number of hydrogen-bond donors (Lipinski definition) is 2. The highest BCUT2D eigenvalue weighted by atomic mass is 16.2. The summed E-state index contributed by atoms with van der Waals surface area (Å²) < 4.78 is 0. The maximum Gasteiger partial charge on any atom is 0.237 e. The van der Waals surface area contributed by atoms with Crippen LogP contribution in [0.1, 0.15) is 32.5 Å². The molecule has 1 amide bonds. The van der Waals surface area contributed by atoms with E-state index in [-0.39, 0.29) is 17.9 Å². The third-order valence-electron chi connectivity index (χ3n) is 2.41. The quantitative estimate of drug-likeness (QED) is 0.783. The minimum atomic E-state index is -0.487. The minimum Gasteiger partial charge on any atom is -0.347 e. The topological polar surface area (TPSA) is 80.9 Å². The molecule has 1 rings (SSSR count). The first-order valence-corrected chi connectivity index (χ1v) is 5.34. The van der Waals surface area contributed by atoms with Gasteiger partial charge in [-0.05, 0) is 12.8 Å². The first-order valence-electron chi connectivity index (χ1n) is 5.34. The van der Waals surface area contributed by atoms with E-state index in [0.29, 0.717) is 0 Å². The molecule has 3 N–H and O–H groups in total. The van der Waals surface area contributed by atoms with Gasteiger partial charge in [0, 0.05) is 12.4 Å². The van der Waals surface area contributed by atoms with E-state index >= 15 is 0 Å². The van der Waals surface area contributed by atoms with Gasteiger partial charge in [-0.1, -0.05) is 13.8 Å². The number of nitrogens with zero attached hydrogens (tertiary/aromatic N) is 2. The Morgan fingerprint density at radius 2 is 2.06 bits per heavy atom. The number of carbonyl (C=O) groups is 1. The van der Waals surface area contributed by atoms with Crippen molar-refractivity contribution >= 4 is 5.91 Å². The van der Waals surface area contributed by atoms with Crippen LogP contribution in [0.25, 0.3) is 0 Å². The maximum atomic E-state index is 11.7. The predicted molar refractivity (Wildman–Crippen MR) is 61.4 cm³/mol. The van der Waals surface area contributed by atoms with Gasteiger partial charge in [-0.3, -0.25) is 14.8 Å². The molecule has 16 heavy (non-hydrogen) atoms. The Bertz CT molecular complexity index is 339. The number of amides is 1. The first-order chi connectivity index (χ1) is 7.52. The standard InChI is InChI=1S/C11H18N4O/c1-7(2)10(12)11(16)15-8(3)9-6-13-4-5-14-9/h4-8,10H,12H2,1-3H3,(H,15,16)/t8?,10-/m0/s1. The Morgan fingerprint density at radius 1 is 1.38 bits per heavy atom. The molecule has 0 aliphatic rings. The summed E-state index contributed by atoms with van der Waals surface area (Å²) >= 11 is 0. The molecule has 0 radical (unpaired) electrons. The zero-order valence-corrected chi connectivity index (χ0v) is 9.84. The molecule has 0 spiro atoms. The summed E-state index contributed by atoms with van der Waals surface area (Å²) in [4.78, 5) is 19.7. The second-order valence-corrected chi connectivity index (χ2v) is 4.13. The van der Waals surface area contributed by atoms with Gasteiger partial charge >= 0.3 is 0 Å². The van der Waals surface area contributed by atoms with Crippen LogP contribution in [-0.4, -0.2) is 21.9 Å². The van der Waals surface area contributed by atoms with E-state index in [0.717, 1.165) is 5.69 Å². The molecular formula is C11H18N4O. The first kappa shape index (κ1) is 12.6. The van der Waals surface area contributed by atoms with Crippen molar-refractivity contribution in [3.05, 3.63) is 24.3 Å². The highest BCUT2D eigenvalue weighted by Crippen LogP contribution is 2.07. The number of nitrogens with two attached hydrogens (primary N) is 1. The largest absolute Gasteiger partial charge is 0.347 e. The number of aromatic nitrogens is 2. The Morgan fingerprint density at radius 3 is 2.56 bits per heavy atom. The zero-order chi connectivity index (χ0) is 12.1. The zero-order valence-electron chi connectivity index (χ0n) is 9.84. The van der Waals surface area contributed by atoms with Gasteiger partial charge in [0.15, 0.2) is 0 Å². The van der Waals surface area contributed by atoms with Gasteiger partial charge in [0.2, 0.25) is 5.91 Å². The Kier molecular flexibility index (Phi) is 4.37. The van der Waals surface area contributed by atoms with Gasteiger partial charge in [0.05, 0.1) is 24.0 Å². The molecule has 1 aromatic rings.